The van der Waals surface area contributed by atoms with E-state index in [0.717, 1.165) is 0 Å². The molecule has 0 spiro atoms. The topological polar surface area (TPSA) is 261 Å². The number of hydrogen-bond donors (Lipinski definition) is 8. The van der Waals surface area contributed by atoms with Crippen LogP contribution < -0.4 is 26.6 Å². The molecule has 6 amide bonds. The van der Waals surface area contributed by atoms with Crippen molar-refractivity contribution in [2.24, 2.45) is 5.92 Å². The fourth-order valence-corrected chi connectivity index (χ4v) is 5.76. The summed E-state index contributed by atoms with van der Waals surface area (Å²) in [5.74, 6) is -8.84. The number of amides is 6. The van der Waals surface area contributed by atoms with E-state index < -0.39 is 103 Å². The molecule has 0 unspecified atom stereocenters. The van der Waals surface area contributed by atoms with E-state index in [0.29, 0.717) is 12.0 Å². The van der Waals surface area contributed by atoms with Crippen LogP contribution in [0.5, 0.6) is 0 Å². The molecule has 17 heteroatoms. The molecule has 17 nitrogen and oxygen atoms in total. The number of rotatable bonds is 9. The van der Waals surface area contributed by atoms with Crippen LogP contribution in [-0.4, -0.2) is 117 Å². The quantitative estimate of drug-likeness (QED) is 0.141. The molecule has 1 aromatic carbocycles. The van der Waals surface area contributed by atoms with Gasteiger partial charge in [-0.1, -0.05) is 44.2 Å². The number of fused-ring (bicyclic) bond motifs is 1. The molecular weight excluding hydrogens is 644 g/mol. The van der Waals surface area contributed by atoms with Crippen LogP contribution in [0, 0.1) is 5.92 Å². The first-order chi connectivity index (χ1) is 23.1. The predicted octanol–water partition coefficient (Wildman–Crippen LogP) is -1.97. The second kappa shape index (κ2) is 17.4. The maximum absolute atomic E-state index is 14.0. The van der Waals surface area contributed by atoms with Crippen molar-refractivity contribution in [3.05, 3.63) is 35.9 Å². The summed E-state index contributed by atoms with van der Waals surface area (Å²) < 4.78 is 0. The van der Waals surface area contributed by atoms with Gasteiger partial charge >= 0.3 is 11.9 Å². The maximum atomic E-state index is 14.0. The molecule has 0 aliphatic carbocycles. The van der Waals surface area contributed by atoms with Gasteiger partial charge in [-0.2, -0.15) is 0 Å². The molecule has 8 N–H and O–H groups in total. The summed E-state index contributed by atoms with van der Waals surface area (Å²) in [5.41, 5.74) is 0.625. The van der Waals surface area contributed by atoms with Crippen molar-refractivity contribution < 1.29 is 53.7 Å². The number of carboxylic acid groups (broad SMARTS) is 2. The van der Waals surface area contributed by atoms with Gasteiger partial charge in [0.05, 0.1) is 18.9 Å². The van der Waals surface area contributed by atoms with Gasteiger partial charge in [0.25, 0.3) is 0 Å². The molecule has 0 bridgehead atoms. The maximum Gasteiger partial charge on any atom is 0.305 e. The third-order valence-electron chi connectivity index (χ3n) is 8.16. The van der Waals surface area contributed by atoms with Crippen molar-refractivity contribution in [3.8, 4) is 0 Å². The lowest BCUT2D eigenvalue weighted by Crippen LogP contribution is -2.63. The smallest absolute Gasteiger partial charge is 0.305 e. The Bertz CT molecular complexity index is 1420. The van der Waals surface area contributed by atoms with Gasteiger partial charge in [0.1, 0.15) is 36.3 Å². The van der Waals surface area contributed by atoms with Gasteiger partial charge in [0.2, 0.25) is 35.4 Å². The van der Waals surface area contributed by atoms with Crippen LogP contribution in [0.3, 0.4) is 0 Å². The predicted molar refractivity (Wildman–Crippen MR) is 170 cm³/mol. The molecule has 2 aliphatic rings. The molecule has 49 heavy (non-hydrogen) atoms. The van der Waals surface area contributed by atoms with E-state index in [4.69, 9.17) is 0 Å². The fraction of sp³-hybridized carbons (Fsp3) is 0.562. The van der Waals surface area contributed by atoms with Crippen molar-refractivity contribution in [2.45, 2.75) is 102 Å². The first kappa shape index (κ1) is 38.4. The zero-order valence-electron chi connectivity index (χ0n) is 27.5. The summed E-state index contributed by atoms with van der Waals surface area (Å²) in [6.45, 7) is 4.72. The Morgan fingerprint density at radius 3 is 1.80 bits per heavy atom. The summed E-state index contributed by atoms with van der Waals surface area (Å²) in [6.07, 6.45) is -2.91. The van der Waals surface area contributed by atoms with Crippen LogP contribution in [0.25, 0.3) is 0 Å². The summed E-state index contributed by atoms with van der Waals surface area (Å²) in [4.78, 5) is 106. The highest BCUT2D eigenvalue weighted by Crippen LogP contribution is 2.21. The Kier molecular flexibility index (Phi) is 13.6. The lowest BCUT2D eigenvalue weighted by atomic mass is 10.0. The number of benzene rings is 1. The highest BCUT2D eigenvalue weighted by Gasteiger charge is 2.41. The van der Waals surface area contributed by atoms with Gasteiger partial charge in [0, 0.05) is 13.0 Å². The Morgan fingerprint density at radius 1 is 0.735 bits per heavy atom. The fourth-order valence-electron chi connectivity index (χ4n) is 5.76. The SMILES string of the molecule is CC(C)C[C@@H]1NC(=O)[C@H](CC(=O)O)NC(=O)[C@H]2CCCN2C(=O)[C@H](Cc2ccccc2)NC(=O)[C@H]([C@@H](C)O)NC(=O)[C@H](CC(=O)O)NC1=O. The Morgan fingerprint density at radius 2 is 1.24 bits per heavy atom. The van der Waals surface area contributed by atoms with E-state index in [9.17, 15) is 53.7 Å². The summed E-state index contributed by atoms with van der Waals surface area (Å²) >= 11 is 0. The number of carbonyl (C=O) groups excluding carboxylic acids is 6. The van der Waals surface area contributed by atoms with Gasteiger partial charge in [-0.05, 0) is 37.7 Å². The molecular formula is C32H44N6O11. The number of aliphatic hydroxyl groups excluding tert-OH is 1. The van der Waals surface area contributed by atoms with E-state index >= 15 is 0 Å². The van der Waals surface area contributed by atoms with Crippen LogP contribution >= 0.6 is 0 Å². The van der Waals surface area contributed by atoms with E-state index in [2.05, 4.69) is 26.6 Å². The Hall–Kier alpha value is -5.06. The molecule has 2 saturated heterocycles. The molecule has 0 aromatic heterocycles. The molecule has 268 valence electrons. The zero-order valence-corrected chi connectivity index (χ0v) is 27.5. The van der Waals surface area contributed by atoms with Crippen molar-refractivity contribution in [1.29, 1.82) is 0 Å². The van der Waals surface area contributed by atoms with Gasteiger partial charge in [-0.25, -0.2) is 0 Å². The standard InChI is InChI=1S/C32H44N6O11/c1-16(2)12-19-27(44)34-21(15-25(42)43)29(46)37-26(17(3)39)31(48)36-22(13-18-8-5-4-6-9-18)32(49)38-11-7-10-23(38)30(47)35-20(14-24(40)41)28(45)33-19/h4-6,8-9,16-17,19-23,26,39H,7,10-15H2,1-3H3,(H,33,45)(H,34,44)(H,35,47)(H,36,48)(H,37,46)(H,40,41)(H,42,43)/t17-,19+,20+,21+,22+,23-,26+/m1/s1. The van der Waals surface area contributed by atoms with Crippen LogP contribution in [-0.2, 0) is 44.8 Å². The van der Waals surface area contributed by atoms with Gasteiger partial charge in [0.15, 0.2) is 0 Å². The number of hydrogen-bond acceptors (Lipinski definition) is 9. The average molecular weight is 689 g/mol. The molecule has 3 rings (SSSR count). The third-order valence-corrected chi connectivity index (χ3v) is 8.16. The molecule has 2 heterocycles. The largest absolute Gasteiger partial charge is 0.481 e. The minimum absolute atomic E-state index is 0.0286. The summed E-state index contributed by atoms with van der Waals surface area (Å²) in [6, 6.07) is -0.437. The number of nitrogens with one attached hydrogen (secondary N) is 5. The number of carbonyl (C=O) groups is 8. The highest BCUT2D eigenvalue weighted by molar-refractivity contribution is 5.99. The van der Waals surface area contributed by atoms with Crippen LogP contribution in [0.1, 0.15) is 58.4 Å². The highest BCUT2D eigenvalue weighted by atomic mass is 16.4. The molecule has 2 fully saturated rings. The van der Waals surface area contributed by atoms with E-state index in [1.807, 2.05) is 0 Å². The van der Waals surface area contributed by atoms with Crippen molar-refractivity contribution in [3.63, 3.8) is 0 Å². The molecule has 0 radical (unpaired) electrons. The number of aliphatic carboxylic acids is 2. The van der Waals surface area contributed by atoms with Crippen molar-refractivity contribution >= 4 is 47.4 Å². The van der Waals surface area contributed by atoms with Crippen LogP contribution in [0.15, 0.2) is 30.3 Å². The second-order valence-electron chi connectivity index (χ2n) is 12.7. The third kappa shape index (κ3) is 11.0. The van der Waals surface area contributed by atoms with Gasteiger partial charge < -0.3 is 46.8 Å². The monoisotopic (exact) mass is 688 g/mol. The van der Waals surface area contributed by atoms with Gasteiger partial charge in [-0.3, -0.25) is 38.4 Å². The van der Waals surface area contributed by atoms with Gasteiger partial charge in [-0.15, -0.1) is 0 Å². The zero-order chi connectivity index (χ0) is 36.4. The van der Waals surface area contributed by atoms with E-state index in [-0.39, 0.29) is 31.7 Å². The lowest BCUT2D eigenvalue weighted by Gasteiger charge is -2.32. The van der Waals surface area contributed by atoms with E-state index in [1.165, 1.54) is 11.8 Å². The van der Waals surface area contributed by atoms with Crippen LogP contribution in [0.2, 0.25) is 0 Å². The number of nitrogens with zero attached hydrogens (tertiary/aromatic N) is 1. The molecule has 7 atom stereocenters. The Balaban J connectivity index is 2.10. The molecule has 2 aliphatic heterocycles. The van der Waals surface area contributed by atoms with Crippen LogP contribution in [0.4, 0.5) is 0 Å². The van der Waals surface area contributed by atoms with Crippen molar-refractivity contribution in [1.82, 2.24) is 31.5 Å². The first-order valence-electron chi connectivity index (χ1n) is 16.0. The summed E-state index contributed by atoms with van der Waals surface area (Å²) in [7, 11) is 0. The average Bonchev–Trinajstić information content (AvgIpc) is 3.51. The molecule has 1 aromatic rings. The van der Waals surface area contributed by atoms with E-state index in [1.54, 1.807) is 44.2 Å². The number of carboxylic acids is 2. The Labute approximate surface area is 282 Å². The molecule has 0 saturated carbocycles. The lowest BCUT2D eigenvalue weighted by molar-refractivity contribution is -0.145. The first-order valence-corrected chi connectivity index (χ1v) is 16.0. The second-order valence-corrected chi connectivity index (χ2v) is 12.7. The van der Waals surface area contributed by atoms with Crippen molar-refractivity contribution in [2.75, 3.05) is 6.54 Å². The minimum Gasteiger partial charge on any atom is -0.481 e. The minimum atomic E-state index is -1.79. The normalized spacial score (nSPS) is 26.7. The number of aliphatic hydroxyl groups is 1. The summed E-state index contributed by atoms with van der Waals surface area (Å²) in [5, 5.41) is 41.5.